The van der Waals surface area contributed by atoms with Crippen LogP contribution in [0, 0.1) is 0 Å². The summed E-state index contributed by atoms with van der Waals surface area (Å²) in [6, 6.07) is 5.70. The van der Waals surface area contributed by atoms with Crippen LogP contribution in [0.5, 0.6) is 0 Å². The molecule has 1 saturated heterocycles. The van der Waals surface area contributed by atoms with Gasteiger partial charge in [0.25, 0.3) is 0 Å². The zero-order valence-corrected chi connectivity index (χ0v) is 11.5. The highest BCUT2D eigenvalue weighted by Gasteiger charge is 2.36. The lowest BCUT2D eigenvalue weighted by atomic mass is 9.87. The van der Waals surface area contributed by atoms with Crippen molar-refractivity contribution in [2.75, 3.05) is 6.54 Å². The third kappa shape index (κ3) is 2.28. The van der Waals surface area contributed by atoms with Crippen molar-refractivity contribution in [2.45, 2.75) is 31.4 Å². The second-order valence-electron chi connectivity index (χ2n) is 4.42. The zero-order valence-electron chi connectivity index (χ0n) is 9.13. The smallest absolute Gasteiger partial charge is 0.103 e. The van der Waals surface area contributed by atoms with E-state index in [0.717, 1.165) is 29.4 Å². The first-order valence-corrected chi connectivity index (χ1v) is 6.60. The monoisotopic (exact) mass is 303 g/mol. The lowest BCUT2D eigenvalue weighted by Gasteiger charge is -2.31. The Morgan fingerprint density at radius 3 is 2.88 bits per heavy atom. The third-order valence-electron chi connectivity index (χ3n) is 3.22. The molecule has 1 aliphatic heterocycles. The van der Waals surface area contributed by atoms with Crippen LogP contribution in [0.15, 0.2) is 22.7 Å². The second-order valence-corrected chi connectivity index (χ2v) is 5.74. The highest BCUT2D eigenvalue weighted by Crippen LogP contribution is 2.35. The molecule has 88 valence electrons. The van der Waals surface area contributed by atoms with Gasteiger partial charge in [-0.15, -0.1) is 0 Å². The predicted octanol–water partition coefficient (Wildman–Crippen LogP) is 3.06. The largest absolute Gasteiger partial charge is 0.384 e. The van der Waals surface area contributed by atoms with Crippen molar-refractivity contribution in [1.29, 1.82) is 0 Å². The van der Waals surface area contributed by atoms with Crippen LogP contribution in [0.25, 0.3) is 0 Å². The van der Waals surface area contributed by atoms with Crippen molar-refractivity contribution in [3.05, 3.63) is 33.3 Å². The number of rotatable bonds is 2. The molecule has 0 bridgehead atoms. The maximum atomic E-state index is 10.6. The molecule has 0 amide bonds. The summed E-state index contributed by atoms with van der Waals surface area (Å²) >= 11 is 9.54. The van der Waals surface area contributed by atoms with Gasteiger partial charge in [0.15, 0.2) is 0 Å². The fourth-order valence-corrected chi connectivity index (χ4v) is 3.12. The quantitative estimate of drug-likeness (QED) is 0.880. The number of nitrogens with one attached hydrogen (secondary N) is 1. The first kappa shape index (κ1) is 12.4. The highest BCUT2D eigenvalue weighted by atomic mass is 79.9. The van der Waals surface area contributed by atoms with Crippen molar-refractivity contribution in [3.63, 3.8) is 0 Å². The van der Waals surface area contributed by atoms with E-state index in [4.69, 9.17) is 11.6 Å². The normalized spacial score (nSPS) is 24.4. The number of hydrogen-bond donors (Lipinski definition) is 2. The fourth-order valence-electron chi connectivity index (χ4n) is 2.25. The van der Waals surface area contributed by atoms with Crippen molar-refractivity contribution < 1.29 is 5.11 Å². The van der Waals surface area contributed by atoms with Crippen LogP contribution in [-0.4, -0.2) is 17.7 Å². The van der Waals surface area contributed by atoms with E-state index in [-0.39, 0.29) is 6.04 Å². The molecular formula is C12H15BrClNO. The van der Waals surface area contributed by atoms with Gasteiger partial charge in [-0.25, -0.2) is 0 Å². The number of hydrogen-bond acceptors (Lipinski definition) is 2. The van der Waals surface area contributed by atoms with E-state index in [1.165, 1.54) is 0 Å². The van der Waals surface area contributed by atoms with Gasteiger partial charge in [-0.2, -0.15) is 0 Å². The molecule has 2 rings (SSSR count). The Morgan fingerprint density at radius 1 is 1.56 bits per heavy atom. The van der Waals surface area contributed by atoms with Crippen LogP contribution in [-0.2, 0) is 5.60 Å². The molecule has 0 saturated carbocycles. The Labute approximate surface area is 109 Å². The van der Waals surface area contributed by atoms with E-state index < -0.39 is 5.60 Å². The Bertz CT molecular complexity index is 389. The molecular weight excluding hydrogens is 289 g/mol. The number of halogens is 2. The lowest BCUT2D eigenvalue weighted by molar-refractivity contribution is 0.0219. The minimum atomic E-state index is -0.908. The molecule has 1 aromatic carbocycles. The minimum absolute atomic E-state index is 0.0891. The molecule has 1 aliphatic rings. The molecule has 1 heterocycles. The fraction of sp³-hybridized carbons (Fsp3) is 0.500. The minimum Gasteiger partial charge on any atom is -0.384 e. The van der Waals surface area contributed by atoms with Crippen LogP contribution in [0.4, 0.5) is 0 Å². The summed E-state index contributed by atoms with van der Waals surface area (Å²) in [4.78, 5) is 0. The Balaban J connectivity index is 2.34. The standard InChI is InChI=1S/C12H15BrClNO/c1-12(16,11-3-2-6-15-11)9-5-4-8(13)7-10(9)14/h4-5,7,11,15-16H,2-3,6H2,1H3. The molecule has 0 aliphatic carbocycles. The Morgan fingerprint density at radius 2 is 2.31 bits per heavy atom. The average Bonchev–Trinajstić information content (AvgIpc) is 2.69. The van der Waals surface area contributed by atoms with Gasteiger partial charge in [0, 0.05) is 21.1 Å². The maximum absolute atomic E-state index is 10.6. The summed E-state index contributed by atoms with van der Waals surface area (Å²) in [6.07, 6.45) is 2.09. The molecule has 16 heavy (non-hydrogen) atoms. The summed E-state index contributed by atoms with van der Waals surface area (Å²) in [6.45, 7) is 2.79. The van der Waals surface area contributed by atoms with Crippen LogP contribution in [0.1, 0.15) is 25.3 Å². The van der Waals surface area contributed by atoms with Crippen LogP contribution in [0.3, 0.4) is 0 Å². The molecule has 2 nitrogen and oxygen atoms in total. The summed E-state index contributed by atoms with van der Waals surface area (Å²) in [5.41, 5.74) is -0.120. The first-order valence-electron chi connectivity index (χ1n) is 5.43. The SMILES string of the molecule is CC(O)(c1ccc(Br)cc1Cl)C1CCCN1. The third-order valence-corrected chi connectivity index (χ3v) is 4.02. The average molecular weight is 305 g/mol. The van der Waals surface area contributed by atoms with Crippen LogP contribution in [0.2, 0.25) is 5.02 Å². The number of aliphatic hydroxyl groups is 1. The molecule has 1 aromatic rings. The van der Waals surface area contributed by atoms with Crippen molar-refractivity contribution in [3.8, 4) is 0 Å². The van der Waals surface area contributed by atoms with Crippen LogP contribution < -0.4 is 5.32 Å². The van der Waals surface area contributed by atoms with E-state index in [2.05, 4.69) is 21.2 Å². The van der Waals surface area contributed by atoms with E-state index in [1.807, 2.05) is 25.1 Å². The first-order chi connectivity index (χ1) is 7.51. The number of benzene rings is 1. The summed E-state index contributed by atoms with van der Waals surface area (Å²) in [7, 11) is 0. The van der Waals surface area contributed by atoms with Gasteiger partial charge < -0.3 is 10.4 Å². The van der Waals surface area contributed by atoms with Gasteiger partial charge in [0.1, 0.15) is 5.60 Å². The van der Waals surface area contributed by atoms with Gasteiger partial charge in [-0.05, 0) is 38.4 Å². The van der Waals surface area contributed by atoms with E-state index in [0.29, 0.717) is 5.02 Å². The van der Waals surface area contributed by atoms with Crippen molar-refractivity contribution >= 4 is 27.5 Å². The van der Waals surface area contributed by atoms with Gasteiger partial charge in [-0.3, -0.25) is 0 Å². The predicted molar refractivity (Wildman–Crippen MR) is 69.7 cm³/mol. The molecule has 2 N–H and O–H groups in total. The topological polar surface area (TPSA) is 32.3 Å². The van der Waals surface area contributed by atoms with E-state index >= 15 is 0 Å². The second kappa shape index (κ2) is 4.65. The van der Waals surface area contributed by atoms with Crippen molar-refractivity contribution in [1.82, 2.24) is 5.32 Å². The molecule has 0 spiro atoms. The van der Waals surface area contributed by atoms with Crippen LogP contribution >= 0.6 is 27.5 Å². The molecule has 1 fully saturated rings. The van der Waals surface area contributed by atoms with Crippen molar-refractivity contribution in [2.24, 2.45) is 0 Å². The molecule has 2 unspecified atom stereocenters. The lowest BCUT2D eigenvalue weighted by Crippen LogP contribution is -2.43. The maximum Gasteiger partial charge on any atom is 0.103 e. The van der Waals surface area contributed by atoms with Gasteiger partial charge in [-0.1, -0.05) is 33.6 Å². The van der Waals surface area contributed by atoms with Gasteiger partial charge >= 0.3 is 0 Å². The summed E-state index contributed by atoms with van der Waals surface area (Å²) in [5.74, 6) is 0. The molecule has 0 aromatic heterocycles. The Kier molecular flexibility index (Phi) is 3.59. The highest BCUT2D eigenvalue weighted by molar-refractivity contribution is 9.10. The van der Waals surface area contributed by atoms with E-state index in [1.54, 1.807) is 0 Å². The summed E-state index contributed by atoms with van der Waals surface area (Å²) in [5, 5.41) is 14.5. The molecule has 0 radical (unpaired) electrons. The molecule has 2 atom stereocenters. The molecule has 4 heteroatoms. The van der Waals surface area contributed by atoms with Gasteiger partial charge in [0.05, 0.1) is 0 Å². The van der Waals surface area contributed by atoms with Gasteiger partial charge in [0.2, 0.25) is 0 Å². The zero-order chi connectivity index (χ0) is 11.8. The van der Waals surface area contributed by atoms with E-state index in [9.17, 15) is 5.11 Å². The Hall–Kier alpha value is -0.0900. The summed E-state index contributed by atoms with van der Waals surface area (Å²) < 4.78 is 0.927.